The maximum atomic E-state index is 13.5. The van der Waals surface area contributed by atoms with Crippen molar-refractivity contribution >= 4 is 38.8 Å². The number of carbonyl (C=O) groups excluding carboxylic acids is 1. The zero-order chi connectivity index (χ0) is 28.9. The van der Waals surface area contributed by atoms with Gasteiger partial charge in [-0.15, -0.1) is 11.3 Å². The first-order chi connectivity index (χ1) is 19.0. The molecule has 2 aromatic heterocycles. The van der Waals surface area contributed by atoms with Crippen molar-refractivity contribution in [2.75, 3.05) is 44.5 Å². The number of hydrogen-bond acceptors (Lipinski definition) is 10. The third kappa shape index (κ3) is 7.47. The Balaban J connectivity index is 1.64. The van der Waals surface area contributed by atoms with E-state index in [-0.39, 0.29) is 4.90 Å². The minimum atomic E-state index is -3.98. The third-order valence-electron chi connectivity index (χ3n) is 6.20. The van der Waals surface area contributed by atoms with Gasteiger partial charge >= 0.3 is 6.09 Å². The second-order valence-electron chi connectivity index (χ2n) is 10.5. The predicted molar refractivity (Wildman–Crippen MR) is 158 cm³/mol. The van der Waals surface area contributed by atoms with E-state index >= 15 is 0 Å². The number of ether oxygens (including phenoxy) is 2. The first-order valence-electron chi connectivity index (χ1n) is 13.0. The van der Waals surface area contributed by atoms with Gasteiger partial charge in [-0.3, -0.25) is 5.32 Å². The van der Waals surface area contributed by atoms with Gasteiger partial charge in [-0.2, -0.15) is 0 Å². The van der Waals surface area contributed by atoms with Crippen LogP contribution >= 0.6 is 11.3 Å². The number of carbonyl (C=O) groups is 1. The number of amides is 1. The number of hydrogen-bond donors (Lipinski definition) is 4. The number of sulfonamides is 1. The summed E-state index contributed by atoms with van der Waals surface area (Å²) in [6.45, 7) is 7.43. The highest BCUT2D eigenvalue weighted by Gasteiger charge is 2.27. The van der Waals surface area contributed by atoms with E-state index in [2.05, 4.69) is 30.6 Å². The van der Waals surface area contributed by atoms with Crippen molar-refractivity contribution in [3.63, 3.8) is 0 Å². The summed E-state index contributed by atoms with van der Waals surface area (Å²) in [5.74, 6) is 0.849. The predicted octanol–water partition coefficient (Wildman–Crippen LogP) is 4.55. The number of anilines is 2. The van der Waals surface area contributed by atoms with E-state index in [1.54, 1.807) is 59.5 Å². The van der Waals surface area contributed by atoms with Crippen LogP contribution in [0.15, 0.2) is 41.6 Å². The largest absolute Gasteiger partial charge is 0.494 e. The monoisotopic (exact) mass is 588 g/mol. The lowest BCUT2D eigenvalue weighted by Crippen LogP contribution is -2.40. The van der Waals surface area contributed by atoms with E-state index in [4.69, 9.17) is 9.47 Å². The molecule has 1 saturated heterocycles. The first kappa shape index (κ1) is 29.7. The lowest BCUT2D eigenvalue weighted by molar-refractivity contribution is 0.131. The quantitative estimate of drug-likeness (QED) is 0.283. The minimum Gasteiger partial charge on any atom is -0.494 e. The Hall–Kier alpha value is -3.26. The Morgan fingerprint density at radius 2 is 1.88 bits per heavy atom. The van der Waals surface area contributed by atoms with Gasteiger partial charge in [0.1, 0.15) is 16.5 Å². The average Bonchev–Trinajstić information content (AvgIpc) is 3.41. The molecule has 40 heavy (non-hydrogen) atoms. The SMILES string of the molecule is CNc1cnc(-c2ncc(-c3ccc(NC(=O)OCC4CCNCC4)cc3S(=O)(=O)NC(C)(C)C)s2)c(OC)c1. The summed E-state index contributed by atoms with van der Waals surface area (Å²) in [6.07, 6.45) is 4.55. The van der Waals surface area contributed by atoms with Gasteiger partial charge in [-0.25, -0.2) is 27.9 Å². The van der Waals surface area contributed by atoms with Gasteiger partial charge in [0.15, 0.2) is 0 Å². The number of piperidine rings is 1. The Morgan fingerprint density at radius 1 is 1.12 bits per heavy atom. The zero-order valence-electron chi connectivity index (χ0n) is 23.3. The molecule has 0 atom stereocenters. The van der Waals surface area contributed by atoms with E-state index in [0.717, 1.165) is 31.6 Å². The lowest BCUT2D eigenvalue weighted by atomic mass is 9.99. The number of benzene rings is 1. The van der Waals surface area contributed by atoms with Crippen LogP contribution in [-0.2, 0) is 14.8 Å². The van der Waals surface area contributed by atoms with Crippen molar-refractivity contribution in [1.29, 1.82) is 0 Å². The van der Waals surface area contributed by atoms with Gasteiger partial charge in [0, 0.05) is 36.1 Å². The Labute approximate surface area is 239 Å². The van der Waals surface area contributed by atoms with Crippen molar-refractivity contribution < 1.29 is 22.7 Å². The van der Waals surface area contributed by atoms with Gasteiger partial charge in [-0.1, -0.05) is 6.07 Å². The van der Waals surface area contributed by atoms with Crippen LogP contribution in [0.25, 0.3) is 21.1 Å². The summed E-state index contributed by atoms with van der Waals surface area (Å²) in [6, 6.07) is 6.56. The molecule has 0 radical (unpaired) electrons. The van der Waals surface area contributed by atoms with E-state index in [0.29, 0.717) is 45.1 Å². The van der Waals surface area contributed by atoms with Crippen LogP contribution in [0, 0.1) is 5.92 Å². The molecule has 216 valence electrons. The molecule has 3 aromatic rings. The van der Waals surface area contributed by atoms with Crippen LogP contribution in [0.1, 0.15) is 33.6 Å². The first-order valence-corrected chi connectivity index (χ1v) is 15.3. The fourth-order valence-electron chi connectivity index (χ4n) is 4.29. The molecule has 0 saturated carbocycles. The summed E-state index contributed by atoms with van der Waals surface area (Å²) in [4.78, 5) is 22.1. The summed E-state index contributed by atoms with van der Waals surface area (Å²) in [5, 5.41) is 9.56. The van der Waals surface area contributed by atoms with Crippen molar-refractivity contribution in [1.82, 2.24) is 20.0 Å². The topological polar surface area (TPSA) is 144 Å². The molecule has 0 aliphatic carbocycles. The summed E-state index contributed by atoms with van der Waals surface area (Å²) in [7, 11) is -0.635. The smallest absolute Gasteiger partial charge is 0.411 e. The van der Waals surface area contributed by atoms with Crippen LogP contribution in [-0.4, -0.2) is 63.9 Å². The Kier molecular flexibility index (Phi) is 9.29. The van der Waals surface area contributed by atoms with E-state index in [1.807, 2.05) is 6.07 Å². The van der Waals surface area contributed by atoms with Crippen LogP contribution in [0.4, 0.5) is 16.2 Å². The fraction of sp³-hybridized carbons (Fsp3) is 0.444. The number of rotatable bonds is 9. The zero-order valence-corrected chi connectivity index (χ0v) is 25.0. The summed E-state index contributed by atoms with van der Waals surface area (Å²) >= 11 is 1.29. The molecule has 11 nitrogen and oxygen atoms in total. The fourth-order valence-corrected chi connectivity index (χ4v) is 6.97. The standard InChI is InChI=1S/C27H36N6O5S2/c1-27(2,3)33-40(35,36)23-13-18(32-26(34)38-16-17-8-10-29-11-9-17)6-7-20(23)22-15-31-25(39-22)24-21(37-5)12-19(28-4)14-30-24/h6-7,12-15,17,28-29,33H,8-11,16H2,1-5H3,(H,32,34). The number of nitrogens with one attached hydrogen (secondary N) is 4. The summed E-state index contributed by atoms with van der Waals surface area (Å²) < 4.78 is 40.7. The van der Waals surface area contributed by atoms with Gasteiger partial charge < -0.3 is 20.1 Å². The van der Waals surface area contributed by atoms with Crippen LogP contribution < -0.4 is 25.4 Å². The van der Waals surface area contributed by atoms with E-state index < -0.39 is 21.7 Å². The Morgan fingerprint density at radius 3 is 2.55 bits per heavy atom. The molecule has 1 fully saturated rings. The van der Waals surface area contributed by atoms with Gasteiger partial charge in [-0.05, 0) is 64.8 Å². The van der Waals surface area contributed by atoms with Gasteiger partial charge in [0.2, 0.25) is 10.0 Å². The number of nitrogens with zero attached hydrogens (tertiary/aromatic N) is 2. The number of methoxy groups -OCH3 is 1. The molecular formula is C27H36N6O5S2. The molecule has 13 heteroatoms. The van der Waals surface area contributed by atoms with Crippen LogP contribution in [0.2, 0.25) is 0 Å². The molecule has 1 aromatic carbocycles. The molecule has 0 unspecified atom stereocenters. The molecule has 3 heterocycles. The van der Waals surface area contributed by atoms with Crippen molar-refractivity contribution in [3.8, 4) is 26.9 Å². The average molecular weight is 589 g/mol. The maximum absolute atomic E-state index is 13.5. The molecule has 1 amide bonds. The van der Waals surface area contributed by atoms with E-state index in [9.17, 15) is 13.2 Å². The molecule has 4 rings (SSSR count). The molecule has 1 aliphatic rings. The Bertz CT molecular complexity index is 1450. The van der Waals surface area contributed by atoms with Crippen LogP contribution in [0.3, 0.4) is 0 Å². The van der Waals surface area contributed by atoms with Gasteiger partial charge in [0.05, 0.1) is 35.4 Å². The second kappa shape index (κ2) is 12.5. The lowest BCUT2D eigenvalue weighted by Gasteiger charge is -2.22. The van der Waals surface area contributed by atoms with E-state index in [1.165, 1.54) is 17.4 Å². The molecular weight excluding hydrogens is 552 g/mol. The minimum absolute atomic E-state index is 0.0132. The maximum Gasteiger partial charge on any atom is 0.411 e. The highest BCUT2D eigenvalue weighted by Crippen LogP contribution is 2.39. The molecule has 4 N–H and O–H groups in total. The van der Waals surface area contributed by atoms with Gasteiger partial charge in [0.25, 0.3) is 0 Å². The number of thiazole rings is 1. The van der Waals surface area contributed by atoms with Crippen molar-refractivity contribution in [2.45, 2.75) is 44.0 Å². The van der Waals surface area contributed by atoms with Crippen molar-refractivity contribution in [3.05, 3.63) is 36.7 Å². The summed E-state index contributed by atoms with van der Waals surface area (Å²) in [5.41, 5.74) is 1.36. The van der Waals surface area contributed by atoms with Crippen LogP contribution in [0.5, 0.6) is 5.75 Å². The second-order valence-corrected chi connectivity index (χ2v) is 13.2. The van der Waals surface area contributed by atoms with Crippen molar-refractivity contribution in [2.24, 2.45) is 5.92 Å². The molecule has 0 bridgehead atoms. The molecule has 1 aliphatic heterocycles. The highest BCUT2D eigenvalue weighted by molar-refractivity contribution is 7.89. The normalized spacial score (nSPS) is 14.5. The number of aromatic nitrogens is 2. The third-order valence-corrected chi connectivity index (χ3v) is 9.04. The highest BCUT2D eigenvalue weighted by atomic mass is 32.2. The number of pyridine rings is 1. The molecule has 0 spiro atoms.